The van der Waals surface area contributed by atoms with Crippen molar-refractivity contribution in [3.8, 4) is 0 Å². The van der Waals surface area contributed by atoms with Crippen molar-refractivity contribution in [2.45, 2.75) is 18.9 Å². The molecule has 0 N–H and O–H groups in total. The van der Waals surface area contributed by atoms with Gasteiger partial charge in [-0.25, -0.2) is 0 Å². The summed E-state index contributed by atoms with van der Waals surface area (Å²) in [6.45, 7) is 1.15. The molecule has 0 aromatic heterocycles. The van der Waals surface area contributed by atoms with E-state index >= 15 is 0 Å². The number of amides is 1. The lowest BCUT2D eigenvalue weighted by molar-refractivity contribution is -0.135. The van der Waals surface area contributed by atoms with Crippen LogP contribution in [0.1, 0.15) is 12.8 Å². The minimum atomic E-state index is -0.739. The number of hydrogen-bond donors (Lipinski definition) is 0. The summed E-state index contributed by atoms with van der Waals surface area (Å²) in [7, 11) is 1.49. The van der Waals surface area contributed by atoms with Crippen LogP contribution in [0.15, 0.2) is 23.4 Å². The molecule has 0 aromatic carbocycles. The van der Waals surface area contributed by atoms with Crippen LogP contribution < -0.4 is 0 Å². The first-order valence-electron chi connectivity index (χ1n) is 6.27. The highest BCUT2D eigenvalue weighted by molar-refractivity contribution is 6.53. The molecule has 2 heterocycles. The van der Waals surface area contributed by atoms with Crippen LogP contribution >= 0.6 is 0 Å². The molecule has 6 nitrogen and oxygen atoms in total. The third-order valence-electron chi connectivity index (χ3n) is 3.82. The van der Waals surface area contributed by atoms with Gasteiger partial charge < -0.3 is 4.90 Å². The summed E-state index contributed by atoms with van der Waals surface area (Å²) >= 11 is 0. The number of carbonyl (C=O) groups excluding carboxylic acids is 3. The Bertz CT molecular complexity index is 535. The van der Waals surface area contributed by atoms with E-state index in [-0.39, 0.29) is 17.5 Å². The molecule has 3 rings (SSSR count). The predicted molar refractivity (Wildman–Crippen MR) is 64.6 cm³/mol. The van der Waals surface area contributed by atoms with Gasteiger partial charge in [0.1, 0.15) is 5.57 Å². The predicted octanol–water partition coefficient (Wildman–Crippen LogP) is -0.184. The number of nitrogens with zero attached hydrogens (tertiary/aromatic N) is 2. The van der Waals surface area contributed by atoms with Crippen molar-refractivity contribution < 1.29 is 19.2 Å². The molecule has 0 aromatic rings. The molecule has 1 saturated heterocycles. The Morgan fingerprint density at radius 3 is 2.79 bits per heavy atom. The van der Waals surface area contributed by atoms with Crippen molar-refractivity contribution >= 4 is 17.5 Å². The van der Waals surface area contributed by atoms with E-state index in [9.17, 15) is 14.4 Å². The van der Waals surface area contributed by atoms with Crippen LogP contribution in [-0.4, -0.2) is 53.7 Å². The number of allylic oxidation sites excluding steroid dienone is 2. The fourth-order valence-corrected chi connectivity index (χ4v) is 2.87. The van der Waals surface area contributed by atoms with Gasteiger partial charge in [0.2, 0.25) is 11.6 Å². The molecule has 0 radical (unpaired) electrons. The van der Waals surface area contributed by atoms with E-state index in [0.29, 0.717) is 18.8 Å². The quantitative estimate of drug-likeness (QED) is 0.372. The molecule has 3 aliphatic rings. The number of carbonyl (C=O) groups is 3. The van der Waals surface area contributed by atoms with E-state index < -0.39 is 11.6 Å². The van der Waals surface area contributed by atoms with Crippen molar-refractivity contribution in [3.63, 3.8) is 0 Å². The smallest absolute Gasteiger partial charge is 0.260 e. The molecular formula is C13H14N2O4. The maximum Gasteiger partial charge on any atom is 0.260 e. The van der Waals surface area contributed by atoms with Gasteiger partial charge in [-0.2, -0.15) is 0 Å². The SMILES string of the molecule is CON1CC2CCCN2C(=O)C2=C1C=CC(=O)C2=O. The molecule has 1 fully saturated rings. The van der Waals surface area contributed by atoms with E-state index in [1.807, 2.05) is 0 Å². The van der Waals surface area contributed by atoms with Gasteiger partial charge >= 0.3 is 0 Å². The number of hydroxylamine groups is 2. The van der Waals surface area contributed by atoms with Gasteiger partial charge in [0.25, 0.3) is 5.91 Å². The molecule has 0 bridgehead atoms. The second kappa shape index (κ2) is 4.31. The molecule has 100 valence electrons. The Balaban J connectivity index is 2.11. The first kappa shape index (κ1) is 12.1. The zero-order valence-electron chi connectivity index (χ0n) is 10.6. The second-order valence-electron chi connectivity index (χ2n) is 4.83. The lowest BCUT2D eigenvalue weighted by Gasteiger charge is -2.26. The van der Waals surface area contributed by atoms with Crippen LogP contribution in [-0.2, 0) is 19.2 Å². The molecule has 19 heavy (non-hydrogen) atoms. The van der Waals surface area contributed by atoms with Crippen molar-refractivity contribution in [2.24, 2.45) is 0 Å². The first-order chi connectivity index (χ1) is 9.13. The molecular weight excluding hydrogens is 248 g/mol. The third-order valence-corrected chi connectivity index (χ3v) is 3.82. The average molecular weight is 262 g/mol. The maximum atomic E-state index is 12.5. The fourth-order valence-electron chi connectivity index (χ4n) is 2.87. The molecule has 6 heteroatoms. The Hall–Kier alpha value is -1.95. The second-order valence-corrected chi connectivity index (χ2v) is 4.83. The minimum absolute atomic E-state index is 0.0364. The van der Waals surface area contributed by atoms with Crippen molar-refractivity contribution in [3.05, 3.63) is 23.4 Å². The molecule has 1 atom stereocenters. The van der Waals surface area contributed by atoms with Gasteiger partial charge in [-0.05, 0) is 25.0 Å². The van der Waals surface area contributed by atoms with Crippen LogP contribution in [0.5, 0.6) is 0 Å². The highest BCUT2D eigenvalue weighted by Gasteiger charge is 2.42. The first-order valence-corrected chi connectivity index (χ1v) is 6.27. The monoisotopic (exact) mass is 262 g/mol. The van der Waals surface area contributed by atoms with Gasteiger partial charge in [0.05, 0.1) is 25.4 Å². The number of ketones is 2. The zero-order chi connectivity index (χ0) is 13.6. The lowest BCUT2D eigenvalue weighted by Crippen LogP contribution is -2.40. The molecule has 0 saturated carbocycles. The molecule has 1 aliphatic carbocycles. The standard InChI is InChI=1S/C13H14N2O4/c1-19-15-7-8-3-2-6-14(8)13(18)11-9(15)4-5-10(16)12(11)17/h4-5,8H,2-3,6-7H2,1H3. The van der Waals surface area contributed by atoms with Crippen molar-refractivity contribution in [2.75, 3.05) is 20.2 Å². The van der Waals surface area contributed by atoms with Gasteiger partial charge in [-0.15, -0.1) is 0 Å². The number of rotatable bonds is 1. The van der Waals surface area contributed by atoms with Crippen LogP contribution in [0.4, 0.5) is 0 Å². The van der Waals surface area contributed by atoms with E-state index in [2.05, 4.69) is 0 Å². The molecule has 0 spiro atoms. The Labute approximate surface area is 110 Å². The summed E-state index contributed by atoms with van der Waals surface area (Å²) in [4.78, 5) is 42.9. The maximum absolute atomic E-state index is 12.5. The summed E-state index contributed by atoms with van der Waals surface area (Å²) in [5.74, 6) is -1.74. The Morgan fingerprint density at radius 2 is 2.05 bits per heavy atom. The number of Topliss-reactive ketones (excluding diaryl/α,β-unsaturated/α-hetero) is 1. The number of fused-ring (bicyclic) bond motifs is 1. The van der Waals surface area contributed by atoms with E-state index in [0.717, 1.165) is 12.8 Å². The Kier molecular flexibility index (Phi) is 2.74. The summed E-state index contributed by atoms with van der Waals surface area (Å²) in [5, 5.41) is 1.53. The van der Waals surface area contributed by atoms with Crippen molar-refractivity contribution in [1.29, 1.82) is 0 Å². The molecule has 2 aliphatic heterocycles. The van der Waals surface area contributed by atoms with Gasteiger partial charge in [0.15, 0.2) is 0 Å². The molecule has 1 unspecified atom stereocenters. The Morgan fingerprint density at radius 1 is 1.26 bits per heavy atom. The van der Waals surface area contributed by atoms with Gasteiger partial charge in [-0.3, -0.25) is 24.3 Å². The van der Waals surface area contributed by atoms with Gasteiger partial charge in [0, 0.05) is 6.54 Å². The largest absolute Gasteiger partial charge is 0.334 e. The summed E-state index contributed by atoms with van der Waals surface area (Å²) in [6.07, 6.45) is 4.48. The van der Waals surface area contributed by atoms with Gasteiger partial charge in [-0.1, -0.05) is 0 Å². The summed E-state index contributed by atoms with van der Waals surface area (Å²) < 4.78 is 0. The summed E-state index contributed by atoms with van der Waals surface area (Å²) in [5.41, 5.74) is 0.338. The highest BCUT2D eigenvalue weighted by atomic mass is 16.7. The van der Waals surface area contributed by atoms with E-state index in [4.69, 9.17) is 4.84 Å². The highest BCUT2D eigenvalue weighted by Crippen LogP contribution is 2.30. The normalized spacial score (nSPS) is 26.8. The lowest BCUT2D eigenvalue weighted by atomic mass is 9.98. The number of hydrogen-bond acceptors (Lipinski definition) is 5. The fraction of sp³-hybridized carbons (Fsp3) is 0.462. The van der Waals surface area contributed by atoms with Crippen LogP contribution in [0, 0.1) is 0 Å². The van der Waals surface area contributed by atoms with E-state index in [1.165, 1.54) is 24.3 Å². The van der Waals surface area contributed by atoms with Crippen LogP contribution in [0.2, 0.25) is 0 Å². The molecule has 1 amide bonds. The van der Waals surface area contributed by atoms with E-state index in [1.54, 1.807) is 4.90 Å². The minimum Gasteiger partial charge on any atom is -0.334 e. The van der Waals surface area contributed by atoms with Crippen LogP contribution in [0.3, 0.4) is 0 Å². The summed E-state index contributed by atoms with van der Waals surface area (Å²) in [6, 6.07) is 0.0364. The third kappa shape index (κ3) is 1.71. The average Bonchev–Trinajstić information content (AvgIpc) is 2.82. The van der Waals surface area contributed by atoms with Crippen molar-refractivity contribution in [1.82, 2.24) is 9.96 Å². The van der Waals surface area contributed by atoms with Crippen LogP contribution in [0.25, 0.3) is 0 Å². The zero-order valence-corrected chi connectivity index (χ0v) is 10.6. The topological polar surface area (TPSA) is 66.9 Å².